The van der Waals surface area contributed by atoms with Crippen molar-refractivity contribution in [3.63, 3.8) is 0 Å². The van der Waals surface area contributed by atoms with Crippen molar-refractivity contribution in [2.24, 2.45) is 0 Å². The van der Waals surface area contributed by atoms with Crippen LogP contribution in [0.3, 0.4) is 0 Å². The number of nitrogens with one attached hydrogen (secondary N) is 1. The Balaban J connectivity index is 1.33. The van der Waals surface area contributed by atoms with Crippen LogP contribution in [-0.4, -0.2) is 43.0 Å². The number of para-hydroxylation sites is 2. The maximum atomic E-state index is 12.7. The molecule has 2 aromatic carbocycles. The predicted octanol–water partition coefficient (Wildman–Crippen LogP) is 5.06. The number of carbonyl (C=O) groups is 1. The van der Waals surface area contributed by atoms with E-state index in [9.17, 15) is 4.79 Å². The molecular weight excluding hydrogens is 378 g/mol. The van der Waals surface area contributed by atoms with Gasteiger partial charge in [-0.15, -0.1) is 0 Å². The fraction of sp³-hybridized carbons (Fsp3) is 0.458. The molecule has 29 heavy (non-hydrogen) atoms. The van der Waals surface area contributed by atoms with Crippen LogP contribution in [0.5, 0.6) is 0 Å². The molecule has 0 aromatic heterocycles. The lowest BCUT2D eigenvalue weighted by Gasteiger charge is -2.34. The Morgan fingerprint density at radius 2 is 1.62 bits per heavy atom. The van der Waals surface area contributed by atoms with Crippen molar-refractivity contribution in [2.75, 3.05) is 31.1 Å². The van der Waals surface area contributed by atoms with Crippen LogP contribution < -0.4 is 10.2 Å². The third-order valence-corrected chi connectivity index (χ3v) is 7.01. The number of anilines is 2. The van der Waals surface area contributed by atoms with Gasteiger partial charge in [-0.2, -0.15) is 0 Å². The van der Waals surface area contributed by atoms with Crippen LogP contribution in [0.25, 0.3) is 0 Å². The molecule has 2 aliphatic heterocycles. The van der Waals surface area contributed by atoms with E-state index < -0.39 is 0 Å². The van der Waals surface area contributed by atoms with Gasteiger partial charge in [0.25, 0.3) is 0 Å². The number of unbranched alkanes of at least 4 members (excludes halogenated alkanes) is 1. The monoisotopic (exact) mass is 409 g/mol. The van der Waals surface area contributed by atoms with Crippen molar-refractivity contribution in [1.82, 2.24) is 10.2 Å². The quantitative estimate of drug-likeness (QED) is 0.693. The zero-order valence-corrected chi connectivity index (χ0v) is 18.1. The van der Waals surface area contributed by atoms with Crippen molar-refractivity contribution >= 4 is 29.0 Å². The van der Waals surface area contributed by atoms with E-state index in [1.807, 2.05) is 11.8 Å². The van der Waals surface area contributed by atoms with Gasteiger partial charge >= 0.3 is 0 Å². The van der Waals surface area contributed by atoms with Gasteiger partial charge in [0.15, 0.2) is 0 Å². The highest BCUT2D eigenvalue weighted by molar-refractivity contribution is 7.99. The van der Waals surface area contributed by atoms with E-state index in [4.69, 9.17) is 0 Å². The molecule has 5 heteroatoms. The van der Waals surface area contributed by atoms with Gasteiger partial charge in [0.2, 0.25) is 5.91 Å². The first-order chi connectivity index (χ1) is 14.2. The van der Waals surface area contributed by atoms with Gasteiger partial charge in [0.1, 0.15) is 0 Å². The molecule has 4 nitrogen and oxygen atoms in total. The Labute approximate surface area is 178 Å². The van der Waals surface area contributed by atoms with Gasteiger partial charge in [-0.25, -0.2) is 0 Å². The van der Waals surface area contributed by atoms with E-state index in [0.29, 0.717) is 19.0 Å². The van der Waals surface area contributed by atoms with Crippen molar-refractivity contribution in [3.05, 3.63) is 48.5 Å². The maximum Gasteiger partial charge on any atom is 0.222 e. The Kier molecular flexibility index (Phi) is 6.78. The van der Waals surface area contributed by atoms with Gasteiger partial charge < -0.3 is 15.1 Å². The number of fused-ring (bicyclic) bond motifs is 2. The molecule has 154 valence electrons. The van der Waals surface area contributed by atoms with E-state index in [1.54, 1.807) is 0 Å². The van der Waals surface area contributed by atoms with Crippen LogP contribution in [0.1, 0.15) is 39.0 Å². The fourth-order valence-corrected chi connectivity index (χ4v) is 5.31. The number of benzene rings is 2. The summed E-state index contributed by atoms with van der Waals surface area (Å²) in [6, 6.07) is 17.3. The molecule has 0 aliphatic carbocycles. The molecule has 1 amide bonds. The van der Waals surface area contributed by atoms with Gasteiger partial charge in [-0.3, -0.25) is 4.79 Å². The molecule has 1 fully saturated rings. The highest BCUT2D eigenvalue weighted by atomic mass is 32.2. The smallest absolute Gasteiger partial charge is 0.222 e. The standard InChI is InChI=1S/C24H31N3OS/c1-2-3-15-26-16-12-19(13-17-26)25-24(28)14-18-27-20-8-4-6-10-22(20)29-23-11-7-5-9-21(23)27/h4-11,19H,2-3,12-18H2,1H3,(H,25,28). The Morgan fingerprint density at radius 1 is 1.00 bits per heavy atom. The molecule has 1 N–H and O–H groups in total. The van der Waals surface area contributed by atoms with E-state index >= 15 is 0 Å². The zero-order valence-electron chi connectivity index (χ0n) is 17.3. The Bertz CT molecular complexity index is 787. The Morgan fingerprint density at radius 3 is 2.24 bits per heavy atom. The summed E-state index contributed by atoms with van der Waals surface area (Å²) in [5.74, 6) is 0.171. The topological polar surface area (TPSA) is 35.6 Å². The van der Waals surface area contributed by atoms with E-state index in [1.165, 1.54) is 40.6 Å². The largest absolute Gasteiger partial charge is 0.353 e. The Hall–Kier alpha value is -1.98. The van der Waals surface area contributed by atoms with Crippen LogP contribution in [0, 0.1) is 0 Å². The summed E-state index contributed by atoms with van der Waals surface area (Å²) in [6.07, 6.45) is 5.18. The molecule has 0 spiro atoms. The van der Waals surface area contributed by atoms with E-state index in [-0.39, 0.29) is 5.91 Å². The lowest BCUT2D eigenvalue weighted by Crippen LogP contribution is -2.45. The highest BCUT2D eigenvalue weighted by Crippen LogP contribution is 2.47. The molecule has 0 unspecified atom stereocenters. The van der Waals surface area contributed by atoms with Crippen molar-refractivity contribution in [1.29, 1.82) is 0 Å². The molecule has 0 saturated carbocycles. The van der Waals surface area contributed by atoms with Gasteiger partial charge in [-0.05, 0) is 50.1 Å². The normalized spacial score (nSPS) is 16.9. The number of rotatable bonds is 7. The number of likely N-dealkylation sites (tertiary alicyclic amines) is 1. The molecule has 0 bridgehead atoms. The number of piperidine rings is 1. The van der Waals surface area contributed by atoms with E-state index in [2.05, 4.69) is 70.6 Å². The third kappa shape index (κ3) is 4.96. The first-order valence-electron chi connectivity index (χ1n) is 10.9. The second-order valence-corrected chi connectivity index (χ2v) is 9.06. The average Bonchev–Trinajstić information content (AvgIpc) is 2.76. The first kappa shape index (κ1) is 20.3. The molecule has 2 aromatic rings. The van der Waals surface area contributed by atoms with Gasteiger partial charge in [0.05, 0.1) is 11.4 Å². The van der Waals surface area contributed by atoms with E-state index in [0.717, 1.165) is 25.9 Å². The second kappa shape index (κ2) is 9.68. The number of carbonyl (C=O) groups excluding carboxylic acids is 1. The first-order valence-corrected chi connectivity index (χ1v) is 11.7. The summed E-state index contributed by atoms with van der Waals surface area (Å²) in [5.41, 5.74) is 2.40. The SMILES string of the molecule is CCCCN1CCC(NC(=O)CCN2c3ccccc3Sc3ccccc32)CC1. The van der Waals surface area contributed by atoms with Crippen molar-refractivity contribution in [3.8, 4) is 0 Å². The lowest BCUT2D eigenvalue weighted by molar-refractivity contribution is -0.121. The van der Waals surface area contributed by atoms with Crippen LogP contribution in [0.4, 0.5) is 11.4 Å². The second-order valence-electron chi connectivity index (χ2n) is 7.98. The minimum atomic E-state index is 0.171. The molecule has 4 rings (SSSR count). The van der Waals surface area contributed by atoms with Gasteiger partial charge in [-0.1, -0.05) is 49.4 Å². The molecule has 2 heterocycles. The molecular formula is C24H31N3OS. The number of hydrogen-bond donors (Lipinski definition) is 1. The molecule has 0 radical (unpaired) electrons. The summed E-state index contributed by atoms with van der Waals surface area (Å²) >= 11 is 1.81. The fourth-order valence-electron chi connectivity index (χ4n) is 4.22. The number of amides is 1. The highest BCUT2D eigenvalue weighted by Gasteiger charge is 2.24. The molecule has 2 aliphatic rings. The summed E-state index contributed by atoms with van der Waals surface area (Å²) < 4.78 is 0. The summed E-state index contributed by atoms with van der Waals surface area (Å²) in [6.45, 7) is 6.35. The lowest BCUT2D eigenvalue weighted by atomic mass is 10.0. The van der Waals surface area contributed by atoms with Crippen LogP contribution in [-0.2, 0) is 4.79 Å². The average molecular weight is 410 g/mol. The third-order valence-electron chi connectivity index (χ3n) is 5.88. The summed E-state index contributed by atoms with van der Waals surface area (Å²) in [7, 11) is 0. The summed E-state index contributed by atoms with van der Waals surface area (Å²) in [5, 5.41) is 3.29. The molecule has 1 saturated heterocycles. The van der Waals surface area contributed by atoms with Crippen LogP contribution in [0.2, 0.25) is 0 Å². The minimum Gasteiger partial charge on any atom is -0.353 e. The van der Waals surface area contributed by atoms with Crippen molar-refractivity contribution < 1.29 is 4.79 Å². The van der Waals surface area contributed by atoms with Crippen LogP contribution in [0.15, 0.2) is 58.3 Å². The molecule has 0 atom stereocenters. The summed E-state index contributed by atoms with van der Waals surface area (Å²) in [4.78, 5) is 20.0. The predicted molar refractivity (Wildman–Crippen MR) is 121 cm³/mol. The number of hydrogen-bond acceptors (Lipinski definition) is 4. The number of nitrogens with zero attached hydrogens (tertiary/aromatic N) is 2. The zero-order chi connectivity index (χ0) is 20.1. The van der Waals surface area contributed by atoms with Gasteiger partial charge in [0, 0.05) is 41.9 Å². The minimum absolute atomic E-state index is 0.171. The van der Waals surface area contributed by atoms with Crippen LogP contribution >= 0.6 is 11.8 Å². The maximum absolute atomic E-state index is 12.7. The van der Waals surface area contributed by atoms with Crippen molar-refractivity contribution in [2.45, 2.75) is 54.9 Å².